The monoisotopic (exact) mass is 341 g/mol. The number of urea groups is 1. The van der Waals surface area contributed by atoms with Crippen molar-refractivity contribution in [1.29, 1.82) is 0 Å². The molecule has 2 aromatic carbocycles. The van der Waals surface area contributed by atoms with E-state index in [9.17, 15) is 9.59 Å². The molecule has 0 fully saturated rings. The van der Waals surface area contributed by atoms with Gasteiger partial charge in [-0.05, 0) is 48.2 Å². The van der Waals surface area contributed by atoms with Gasteiger partial charge in [0, 0.05) is 11.4 Å². The first-order valence-electron chi connectivity index (χ1n) is 8.05. The average molecular weight is 341 g/mol. The third-order valence-electron chi connectivity index (χ3n) is 3.65. The Hall–Kier alpha value is -3.02. The molecule has 2 rings (SSSR count). The molecule has 0 bridgehead atoms. The average Bonchev–Trinajstić information content (AvgIpc) is 2.53. The molecule has 0 aliphatic carbocycles. The Morgan fingerprint density at radius 1 is 1.08 bits per heavy atom. The van der Waals surface area contributed by atoms with Crippen molar-refractivity contribution in [1.82, 2.24) is 0 Å². The molecule has 0 heterocycles. The maximum absolute atomic E-state index is 12.1. The largest absolute Gasteiger partial charge is 0.483 e. The van der Waals surface area contributed by atoms with E-state index < -0.39 is 6.03 Å². The molecule has 0 aliphatic heterocycles. The molecule has 6 heteroatoms. The number of nitrogens with two attached hydrogens (primary N) is 1. The van der Waals surface area contributed by atoms with Gasteiger partial charge in [0.2, 0.25) is 0 Å². The van der Waals surface area contributed by atoms with Crippen molar-refractivity contribution >= 4 is 23.3 Å². The summed E-state index contributed by atoms with van der Waals surface area (Å²) in [7, 11) is 0. The molecule has 6 nitrogen and oxygen atoms in total. The first-order chi connectivity index (χ1) is 11.8. The number of ether oxygens (including phenoxy) is 1. The van der Waals surface area contributed by atoms with Crippen molar-refractivity contribution in [2.45, 2.75) is 26.7 Å². The van der Waals surface area contributed by atoms with Crippen LogP contribution in [0.2, 0.25) is 0 Å². The number of amides is 3. The molecule has 4 N–H and O–H groups in total. The summed E-state index contributed by atoms with van der Waals surface area (Å²) in [6.07, 6.45) is 0. The smallest absolute Gasteiger partial charge is 0.316 e. The summed E-state index contributed by atoms with van der Waals surface area (Å²) in [4.78, 5) is 23.0. The number of carbonyl (C=O) groups is 2. The highest BCUT2D eigenvalue weighted by Gasteiger charge is 2.08. The zero-order valence-electron chi connectivity index (χ0n) is 14.6. The van der Waals surface area contributed by atoms with E-state index >= 15 is 0 Å². The van der Waals surface area contributed by atoms with Gasteiger partial charge in [-0.2, -0.15) is 0 Å². The number of aryl methyl sites for hydroxylation is 1. The Kier molecular flexibility index (Phi) is 6.00. The summed E-state index contributed by atoms with van der Waals surface area (Å²) in [5.74, 6) is 0.799. The Bertz CT molecular complexity index is 772. The second kappa shape index (κ2) is 8.19. The topological polar surface area (TPSA) is 93.4 Å². The Morgan fingerprint density at radius 3 is 2.40 bits per heavy atom. The highest BCUT2D eigenvalue weighted by Crippen LogP contribution is 2.24. The normalized spacial score (nSPS) is 10.4. The van der Waals surface area contributed by atoms with Crippen LogP contribution in [0.25, 0.3) is 0 Å². The van der Waals surface area contributed by atoms with Crippen LogP contribution >= 0.6 is 0 Å². The lowest BCUT2D eigenvalue weighted by Crippen LogP contribution is -2.21. The van der Waals surface area contributed by atoms with Gasteiger partial charge >= 0.3 is 6.03 Å². The van der Waals surface area contributed by atoms with E-state index in [0.717, 1.165) is 11.1 Å². The predicted molar refractivity (Wildman–Crippen MR) is 99.0 cm³/mol. The van der Waals surface area contributed by atoms with Crippen molar-refractivity contribution < 1.29 is 14.3 Å². The van der Waals surface area contributed by atoms with Gasteiger partial charge in [-0.1, -0.05) is 32.0 Å². The van der Waals surface area contributed by atoms with Gasteiger partial charge in [0.25, 0.3) is 5.91 Å². The summed E-state index contributed by atoms with van der Waals surface area (Å²) in [6, 6.07) is 12.1. The van der Waals surface area contributed by atoms with Crippen molar-refractivity contribution in [2.75, 3.05) is 17.2 Å². The van der Waals surface area contributed by atoms with E-state index in [1.165, 1.54) is 0 Å². The van der Waals surface area contributed by atoms with Crippen LogP contribution in [-0.2, 0) is 4.79 Å². The number of hydrogen-bond acceptors (Lipinski definition) is 3. The first-order valence-corrected chi connectivity index (χ1v) is 8.05. The third kappa shape index (κ3) is 5.53. The van der Waals surface area contributed by atoms with Crippen LogP contribution in [0.15, 0.2) is 42.5 Å². The SMILES string of the molecule is Cc1ccc(C(C)C)cc1OCC(=O)Nc1cccc(NC(N)=O)c1. The van der Waals surface area contributed by atoms with E-state index in [1.54, 1.807) is 24.3 Å². The molecule has 0 unspecified atom stereocenters. The summed E-state index contributed by atoms with van der Waals surface area (Å²) in [6.45, 7) is 6.05. The second-order valence-electron chi connectivity index (χ2n) is 6.09. The van der Waals surface area contributed by atoms with Crippen molar-refractivity contribution in [3.8, 4) is 5.75 Å². The first kappa shape index (κ1) is 18.3. The van der Waals surface area contributed by atoms with E-state index in [4.69, 9.17) is 10.5 Å². The Morgan fingerprint density at radius 2 is 1.76 bits per heavy atom. The lowest BCUT2D eigenvalue weighted by Gasteiger charge is -2.13. The van der Waals surface area contributed by atoms with Gasteiger partial charge in [-0.15, -0.1) is 0 Å². The molecule has 0 atom stereocenters. The van der Waals surface area contributed by atoms with E-state index in [-0.39, 0.29) is 12.5 Å². The summed E-state index contributed by atoms with van der Waals surface area (Å²) < 4.78 is 5.65. The fourth-order valence-corrected chi connectivity index (χ4v) is 2.29. The minimum absolute atomic E-state index is 0.101. The van der Waals surface area contributed by atoms with E-state index in [1.807, 2.05) is 19.1 Å². The lowest BCUT2D eigenvalue weighted by atomic mass is 10.0. The number of rotatable bonds is 6. The molecule has 0 radical (unpaired) electrons. The van der Waals surface area contributed by atoms with Crippen molar-refractivity contribution in [2.24, 2.45) is 5.73 Å². The number of carbonyl (C=O) groups excluding carboxylic acids is 2. The molecule has 0 saturated heterocycles. The van der Waals surface area contributed by atoms with Crippen LogP contribution in [-0.4, -0.2) is 18.5 Å². The highest BCUT2D eigenvalue weighted by molar-refractivity contribution is 5.93. The molecule has 25 heavy (non-hydrogen) atoms. The van der Waals surface area contributed by atoms with Crippen molar-refractivity contribution in [3.63, 3.8) is 0 Å². The van der Waals surface area contributed by atoms with Crippen LogP contribution in [0.5, 0.6) is 5.75 Å². The molecule has 0 aliphatic rings. The number of benzene rings is 2. The molecular formula is C19H23N3O3. The van der Waals surface area contributed by atoms with Crippen LogP contribution in [0.3, 0.4) is 0 Å². The summed E-state index contributed by atoms with van der Waals surface area (Å²) >= 11 is 0. The predicted octanol–water partition coefficient (Wildman–Crippen LogP) is 3.63. The third-order valence-corrected chi connectivity index (χ3v) is 3.65. The van der Waals surface area contributed by atoms with Crippen molar-refractivity contribution in [3.05, 3.63) is 53.6 Å². The number of hydrogen-bond donors (Lipinski definition) is 3. The van der Waals surface area contributed by atoms with Gasteiger partial charge in [0.1, 0.15) is 5.75 Å². The molecule has 132 valence electrons. The summed E-state index contributed by atoms with van der Waals surface area (Å²) in [5, 5.41) is 5.18. The summed E-state index contributed by atoms with van der Waals surface area (Å²) in [5.41, 5.74) is 8.27. The number of anilines is 2. The fourth-order valence-electron chi connectivity index (χ4n) is 2.29. The van der Waals surface area contributed by atoms with Gasteiger partial charge < -0.3 is 21.1 Å². The number of nitrogens with one attached hydrogen (secondary N) is 2. The van der Waals surface area contributed by atoms with Gasteiger partial charge in [-0.25, -0.2) is 4.79 Å². The van der Waals surface area contributed by atoms with Crippen LogP contribution in [0.4, 0.5) is 16.2 Å². The van der Waals surface area contributed by atoms with Crippen LogP contribution < -0.4 is 21.1 Å². The molecule has 0 saturated carbocycles. The quantitative estimate of drug-likeness (QED) is 0.749. The number of primary amides is 1. The van der Waals surface area contributed by atoms with Gasteiger partial charge in [0.05, 0.1) is 0 Å². The Balaban J connectivity index is 1.97. The molecule has 0 spiro atoms. The van der Waals surface area contributed by atoms with Crippen LogP contribution in [0.1, 0.15) is 30.9 Å². The minimum atomic E-state index is -0.660. The Labute approximate surface area is 147 Å². The zero-order chi connectivity index (χ0) is 18.4. The molecule has 2 aromatic rings. The van der Waals surface area contributed by atoms with Crippen LogP contribution in [0, 0.1) is 6.92 Å². The van der Waals surface area contributed by atoms with Gasteiger partial charge in [-0.3, -0.25) is 4.79 Å². The molecular weight excluding hydrogens is 318 g/mol. The molecule has 0 aromatic heterocycles. The highest BCUT2D eigenvalue weighted by atomic mass is 16.5. The second-order valence-corrected chi connectivity index (χ2v) is 6.09. The minimum Gasteiger partial charge on any atom is -0.483 e. The maximum Gasteiger partial charge on any atom is 0.316 e. The molecule has 3 amide bonds. The lowest BCUT2D eigenvalue weighted by molar-refractivity contribution is -0.118. The fraction of sp³-hybridized carbons (Fsp3) is 0.263. The van der Waals surface area contributed by atoms with E-state index in [2.05, 4.69) is 30.5 Å². The zero-order valence-corrected chi connectivity index (χ0v) is 14.6. The van der Waals surface area contributed by atoms with Gasteiger partial charge in [0.15, 0.2) is 6.61 Å². The standard InChI is InChI=1S/C19H23N3O3/c1-12(2)14-8-7-13(3)17(9-14)25-11-18(23)21-15-5-4-6-16(10-15)22-19(20)24/h4-10,12H,11H2,1-3H3,(H,21,23)(H3,20,22,24). The maximum atomic E-state index is 12.1. The van der Waals surface area contributed by atoms with E-state index in [0.29, 0.717) is 23.0 Å².